The van der Waals surface area contributed by atoms with Crippen molar-refractivity contribution in [2.24, 2.45) is 5.73 Å². The minimum Gasteiger partial charge on any atom is -0.328 e. The molecule has 1 aromatic rings. The van der Waals surface area contributed by atoms with E-state index in [1.54, 1.807) is 11.3 Å². The van der Waals surface area contributed by atoms with E-state index in [9.17, 15) is 4.79 Å². The highest BCUT2D eigenvalue weighted by Crippen LogP contribution is 2.43. The highest BCUT2D eigenvalue weighted by molar-refractivity contribution is 9.13. The molecule has 19 heavy (non-hydrogen) atoms. The summed E-state index contributed by atoms with van der Waals surface area (Å²) < 4.78 is 2.06. The summed E-state index contributed by atoms with van der Waals surface area (Å²) in [6, 6.07) is 2.03. The minimum atomic E-state index is -0.220. The number of nitrogens with zero attached hydrogens (tertiary/aromatic N) is 1. The van der Waals surface area contributed by atoms with Gasteiger partial charge in [-0.05, 0) is 65.1 Å². The smallest absolute Gasteiger partial charge is 0.223 e. The van der Waals surface area contributed by atoms with E-state index in [-0.39, 0.29) is 23.5 Å². The van der Waals surface area contributed by atoms with Gasteiger partial charge in [0, 0.05) is 27.4 Å². The fourth-order valence-electron chi connectivity index (χ4n) is 2.55. The zero-order chi connectivity index (χ0) is 14.4. The monoisotopic (exact) mass is 408 g/mol. The standard InChI is InChI=1S/C13H18Br2N2OS/c1-13(2,3)17-10(18)5-4-8(16)11(17)9-6-7(14)12(15)19-9/h6,8,11H,4-5,16H2,1-3H3. The van der Waals surface area contributed by atoms with Gasteiger partial charge in [-0.3, -0.25) is 4.79 Å². The third-order valence-corrected chi connectivity index (χ3v) is 6.65. The fraction of sp³-hybridized carbons (Fsp3) is 0.615. The lowest BCUT2D eigenvalue weighted by molar-refractivity contribution is -0.143. The summed E-state index contributed by atoms with van der Waals surface area (Å²) in [6.45, 7) is 6.19. The largest absolute Gasteiger partial charge is 0.328 e. The van der Waals surface area contributed by atoms with Crippen LogP contribution in [0, 0.1) is 0 Å². The van der Waals surface area contributed by atoms with E-state index in [1.807, 2.05) is 4.90 Å². The van der Waals surface area contributed by atoms with Crippen LogP contribution in [0.4, 0.5) is 0 Å². The molecule has 2 N–H and O–H groups in total. The number of hydrogen-bond acceptors (Lipinski definition) is 3. The zero-order valence-electron chi connectivity index (χ0n) is 11.2. The van der Waals surface area contributed by atoms with Gasteiger partial charge in [-0.25, -0.2) is 0 Å². The minimum absolute atomic E-state index is 0.00521. The van der Waals surface area contributed by atoms with Crippen molar-refractivity contribution in [3.05, 3.63) is 19.2 Å². The lowest BCUT2D eigenvalue weighted by Gasteiger charge is -2.46. The predicted octanol–water partition coefficient (Wildman–Crippen LogP) is 4.06. The zero-order valence-corrected chi connectivity index (χ0v) is 15.2. The van der Waals surface area contributed by atoms with Crippen LogP contribution in [0.2, 0.25) is 0 Å². The summed E-state index contributed by atoms with van der Waals surface area (Å²) in [4.78, 5) is 15.4. The van der Waals surface area contributed by atoms with Gasteiger partial charge in [0.25, 0.3) is 0 Å². The number of nitrogens with two attached hydrogens (primary N) is 1. The Morgan fingerprint density at radius 3 is 2.53 bits per heavy atom. The van der Waals surface area contributed by atoms with Crippen LogP contribution in [-0.4, -0.2) is 22.4 Å². The molecular weight excluding hydrogens is 392 g/mol. The lowest BCUT2D eigenvalue weighted by Crippen LogP contribution is -2.55. The number of carbonyl (C=O) groups is 1. The first-order chi connectivity index (χ1) is 8.71. The maximum atomic E-state index is 12.3. The molecule has 6 heteroatoms. The van der Waals surface area contributed by atoms with E-state index < -0.39 is 0 Å². The molecule has 2 atom stereocenters. The number of likely N-dealkylation sites (tertiary alicyclic amines) is 1. The van der Waals surface area contributed by atoms with Crippen molar-refractivity contribution in [3.8, 4) is 0 Å². The molecule has 0 spiro atoms. The number of thiophene rings is 1. The van der Waals surface area contributed by atoms with Gasteiger partial charge in [0.2, 0.25) is 5.91 Å². The molecule has 0 aliphatic carbocycles. The van der Waals surface area contributed by atoms with E-state index in [4.69, 9.17) is 5.73 Å². The lowest BCUT2D eigenvalue weighted by atomic mass is 9.90. The molecule has 3 nitrogen and oxygen atoms in total. The van der Waals surface area contributed by atoms with Crippen LogP contribution >= 0.6 is 43.2 Å². The third kappa shape index (κ3) is 3.06. The summed E-state index contributed by atoms with van der Waals surface area (Å²) in [7, 11) is 0. The Labute approximate surface area is 134 Å². The fourth-order valence-corrected chi connectivity index (χ4v) is 4.81. The first kappa shape index (κ1) is 15.5. The molecule has 0 saturated carbocycles. The number of hydrogen-bond donors (Lipinski definition) is 1. The Morgan fingerprint density at radius 2 is 2.05 bits per heavy atom. The highest BCUT2D eigenvalue weighted by atomic mass is 79.9. The first-order valence-electron chi connectivity index (χ1n) is 6.24. The highest BCUT2D eigenvalue weighted by Gasteiger charge is 2.41. The van der Waals surface area contributed by atoms with Crippen LogP contribution in [0.25, 0.3) is 0 Å². The Morgan fingerprint density at radius 1 is 1.42 bits per heavy atom. The average molecular weight is 410 g/mol. The molecule has 1 aliphatic heterocycles. The van der Waals surface area contributed by atoms with Crippen molar-refractivity contribution < 1.29 is 4.79 Å². The van der Waals surface area contributed by atoms with Crippen LogP contribution in [-0.2, 0) is 4.79 Å². The number of piperidine rings is 1. The van der Waals surface area contributed by atoms with Crippen molar-refractivity contribution in [2.45, 2.75) is 51.2 Å². The summed E-state index contributed by atoms with van der Waals surface area (Å²) >= 11 is 8.67. The van der Waals surface area contributed by atoms with E-state index >= 15 is 0 Å². The van der Waals surface area contributed by atoms with Gasteiger partial charge in [0.1, 0.15) is 0 Å². The molecule has 106 valence electrons. The van der Waals surface area contributed by atoms with Gasteiger partial charge in [-0.15, -0.1) is 11.3 Å². The van der Waals surface area contributed by atoms with E-state index in [0.29, 0.717) is 6.42 Å². The molecule has 2 unspecified atom stereocenters. The van der Waals surface area contributed by atoms with Crippen LogP contribution in [0.5, 0.6) is 0 Å². The normalized spacial score (nSPS) is 24.9. The molecule has 1 fully saturated rings. The maximum Gasteiger partial charge on any atom is 0.223 e. The van der Waals surface area contributed by atoms with Gasteiger partial charge in [0.15, 0.2) is 0 Å². The van der Waals surface area contributed by atoms with Gasteiger partial charge >= 0.3 is 0 Å². The Hall–Kier alpha value is 0.0900. The van der Waals surface area contributed by atoms with Crippen LogP contribution in [0.1, 0.15) is 44.5 Å². The first-order valence-corrected chi connectivity index (χ1v) is 8.64. The van der Waals surface area contributed by atoms with Crippen molar-refractivity contribution in [1.82, 2.24) is 4.90 Å². The van der Waals surface area contributed by atoms with Gasteiger partial charge in [0.05, 0.1) is 9.83 Å². The van der Waals surface area contributed by atoms with E-state index in [2.05, 4.69) is 58.7 Å². The summed E-state index contributed by atoms with van der Waals surface area (Å²) in [5.41, 5.74) is 6.08. The quantitative estimate of drug-likeness (QED) is 0.759. The van der Waals surface area contributed by atoms with Crippen molar-refractivity contribution >= 4 is 49.1 Å². The molecule has 0 radical (unpaired) electrons. The second-order valence-electron chi connectivity index (χ2n) is 5.85. The number of amides is 1. The van der Waals surface area contributed by atoms with Crippen molar-refractivity contribution in [3.63, 3.8) is 0 Å². The van der Waals surface area contributed by atoms with E-state index in [1.165, 1.54) is 0 Å². The molecule has 0 bridgehead atoms. The SMILES string of the molecule is CC(C)(C)N1C(=O)CCC(N)C1c1cc(Br)c(Br)s1. The molecule has 1 aromatic heterocycles. The second-order valence-corrected chi connectivity index (χ2v) is 9.11. The number of rotatable bonds is 1. The topological polar surface area (TPSA) is 46.3 Å². The average Bonchev–Trinajstić information content (AvgIpc) is 2.60. The van der Waals surface area contributed by atoms with Gasteiger partial charge < -0.3 is 10.6 Å². The molecule has 1 aliphatic rings. The van der Waals surface area contributed by atoms with Crippen molar-refractivity contribution in [1.29, 1.82) is 0 Å². The molecule has 0 aromatic carbocycles. The summed E-state index contributed by atoms with van der Waals surface area (Å²) in [5, 5.41) is 0. The van der Waals surface area contributed by atoms with Crippen LogP contribution in [0.15, 0.2) is 14.3 Å². The Bertz CT molecular complexity index is 476. The van der Waals surface area contributed by atoms with Gasteiger partial charge in [-0.1, -0.05) is 0 Å². The van der Waals surface area contributed by atoms with Crippen LogP contribution < -0.4 is 5.73 Å². The van der Waals surface area contributed by atoms with E-state index in [0.717, 1.165) is 19.6 Å². The Kier molecular flexibility index (Phi) is 4.45. The molecule has 2 rings (SSSR count). The summed E-state index contributed by atoms with van der Waals surface area (Å²) in [6.07, 6.45) is 1.30. The second kappa shape index (κ2) is 5.47. The number of halogens is 2. The summed E-state index contributed by atoms with van der Waals surface area (Å²) in [5.74, 6) is 0.194. The maximum absolute atomic E-state index is 12.3. The molecular formula is C13H18Br2N2OS. The molecule has 2 heterocycles. The molecule has 1 saturated heterocycles. The van der Waals surface area contributed by atoms with Crippen LogP contribution in [0.3, 0.4) is 0 Å². The third-order valence-electron chi connectivity index (χ3n) is 3.32. The van der Waals surface area contributed by atoms with Crippen molar-refractivity contribution in [2.75, 3.05) is 0 Å². The predicted molar refractivity (Wildman–Crippen MR) is 86.3 cm³/mol. The number of carbonyl (C=O) groups excluding carboxylic acids is 1. The Balaban J connectivity index is 2.45. The molecule has 1 amide bonds. The van der Waals surface area contributed by atoms with Gasteiger partial charge in [-0.2, -0.15) is 0 Å².